The zero-order valence-corrected chi connectivity index (χ0v) is 14.5. The Labute approximate surface area is 148 Å². The number of benzene rings is 2. The average molecular weight is 340 g/mol. The van der Waals surface area contributed by atoms with E-state index in [1.54, 1.807) is 7.11 Å². The van der Waals surface area contributed by atoms with Crippen LogP contribution in [0, 0.1) is 0 Å². The van der Waals surface area contributed by atoms with Crippen molar-refractivity contribution < 1.29 is 14.6 Å². The van der Waals surface area contributed by atoms with Crippen LogP contribution in [0.5, 0.6) is 5.75 Å². The second kappa shape index (κ2) is 8.03. The van der Waals surface area contributed by atoms with E-state index in [2.05, 4.69) is 21.9 Å². The van der Waals surface area contributed by atoms with Crippen molar-refractivity contribution in [3.8, 4) is 5.75 Å². The lowest BCUT2D eigenvalue weighted by molar-refractivity contribution is -0.143. The summed E-state index contributed by atoms with van der Waals surface area (Å²) in [6.07, 6.45) is 0.484. The van der Waals surface area contributed by atoms with Crippen LogP contribution in [0.15, 0.2) is 54.6 Å². The Hall–Kier alpha value is -2.53. The molecule has 0 radical (unpaired) electrons. The van der Waals surface area contributed by atoms with Gasteiger partial charge in [-0.2, -0.15) is 0 Å². The Kier molecular flexibility index (Phi) is 5.56. The number of anilines is 1. The van der Waals surface area contributed by atoms with Crippen molar-refractivity contribution in [3.05, 3.63) is 60.2 Å². The van der Waals surface area contributed by atoms with Crippen LogP contribution in [0.1, 0.15) is 5.56 Å². The van der Waals surface area contributed by atoms with Gasteiger partial charge >= 0.3 is 5.97 Å². The largest absolute Gasteiger partial charge is 0.497 e. The van der Waals surface area contributed by atoms with Crippen LogP contribution >= 0.6 is 0 Å². The number of hydrogen-bond acceptors (Lipinski definition) is 4. The number of nitrogens with zero attached hydrogens (tertiary/aromatic N) is 2. The Morgan fingerprint density at radius 2 is 1.80 bits per heavy atom. The highest BCUT2D eigenvalue weighted by Crippen LogP contribution is 2.20. The van der Waals surface area contributed by atoms with Crippen LogP contribution in [0.3, 0.4) is 0 Å². The molecule has 132 valence electrons. The number of ether oxygens (including phenoxy) is 1. The molecule has 0 saturated carbocycles. The lowest BCUT2D eigenvalue weighted by atomic mass is 10.0. The van der Waals surface area contributed by atoms with Gasteiger partial charge in [-0.3, -0.25) is 9.69 Å². The van der Waals surface area contributed by atoms with Crippen molar-refractivity contribution in [1.29, 1.82) is 0 Å². The number of aliphatic carboxylic acids is 1. The number of piperazine rings is 1. The summed E-state index contributed by atoms with van der Waals surface area (Å²) in [6, 6.07) is 17.4. The molecule has 5 heteroatoms. The van der Waals surface area contributed by atoms with Crippen LogP contribution in [-0.4, -0.2) is 55.3 Å². The lowest BCUT2D eigenvalue weighted by Crippen LogP contribution is -2.53. The highest BCUT2D eigenvalue weighted by atomic mass is 16.5. The zero-order valence-electron chi connectivity index (χ0n) is 14.5. The SMILES string of the molecule is COc1cccc(CC(C(=O)O)N2CCN(c3ccccc3)CC2)c1. The Morgan fingerprint density at radius 1 is 1.08 bits per heavy atom. The van der Waals surface area contributed by atoms with E-state index in [4.69, 9.17) is 4.74 Å². The van der Waals surface area contributed by atoms with Crippen molar-refractivity contribution in [2.45, 2.75) is 12.5 Å². The van der Waals surface area contributed by atoms with Crippen molar-refractivity contribution in [3.63, 3.8) is 0 Å². The highest BCUT2D eigenvalue weighted by molar-refractivity contribution is 5.74. The molecular formula is C20H24N2O3. The second-order valence-electron chi connectivity index (χ2n) is 6.27. The number of carbonyl (C=O) groups is 1. The van der Waals surface area contributed by atoms with E-state index in [9.17, 15) is 9.90 Å². The van der Waals surface area contributed by atoms with E-state index in [1.165, 1.54) is 5.69 Å². The molecule has 0 bridgehead atoms. The first-order valence-electron chi connectivity index (χ1n) is 8.57. The van der Waals surface area contributed by atoms with E-state index in [0.29, 0.717) is 6.42 Å². The predicted octanol–water partition coefficient (Wildman–Crippen LogP) is 2.51. The smallest absolute Gasteiger partial charge is 0.321 e. The first kappa shape index (κ1) is 17.3. The number of para-hydroxylation sites is 1. The van der Waals surface area contributed by atoms with Crippen molar-refractivity contribution in [1.82, 2.24) is 4.90 Å². The van der Waals surface area contributed by atoms with Gasteiger partial charge in [0.1, 0.15) is 11.8 Å². The molecule has 0 aromatic heterocycles. The third-order valence-electron chi connectivity index (χ3n) is 4.72. The highest BCUT2D eigenvalue weighted by Gasteiger charge is 2.29. The van der Waals surface area contributed by atoms with Gasteiger partial charge in [0.25, 0.3) is 0 Å². The predicted molar refractivity (Wildman–Crippen MR) is 98.3 cm³/mol. The van der Waals surface area contributed by atoms with Gasteiger partial charge in [-0.1, -0.05) is 30.3 Å². The van der Waals surface area contributed by atoms with Gasteiger partial charge in [0.05, 0.1) is 7.11 Å². The Balaban J connectivity index is 1.65. The second-order valence-corrected chi connectivity index (χ2v) is 6.27. The minimum Gasteiger partial charge on any atom is -0.497 e. The maximum absolute atomic E-state index is 11.8. The molecular weight excluding hydrogens is 316 g/mol. The molecule has 0 amide bonds. The summed E-state index contributed by atoms with van der Waals surface area (Å²) in [7, 11) is 1.62. The quantitative estimate of drug-likeness (QED) is 0.876. The first-order chi connectivity index (χ1) is 12.2. The molecule has 1 fully saturated rings. The molecule has 1 heterocycles. The van der Waals surface area contributed by atoms with Gasteiger partial charge in [-0.05, 0) is 36.2 Å². The summed E-state index contributed by atoms with van der Waals surface area (Å²) < 4.78 is 5.24. The zero-order chi connectivity index (χ0) is 17.6. The van der Waals surface area contributed by atoms with Gasteiger partial charge in [-0.25, -0.2) is 0 Å². The van der Waals surface area contributed by atoms with Crippen LogP contribution in [0.25, 0.3) is 0 Å². The molecule has 0 aliphatic carbocycles. The number of methoxy groups -OCH3 is 1. The summed E-state index contributed by atoms with van der Waals surface area (Å²) >= 11 is 0. The van der Waals surface area contributed by atoms with E-state index in [0.717, 1.165) is 37.5 Å². The van der Waals surface area contributed by atoms with E-state index >= 15 is 0 Å². The molecule has 3 rings (SSSR count). The average Bonchev–Trinajstić information content (AvgIpc) is 2.67. The maximum atomic E-state index is 11.8. The summed E-state index contributed by atoms with van der Waals surface area (Å²) in [6.45, 7) is 3.17. The summed E-state index contributed by atoms with van der Waals surface area (Å²) in [5.74, 6) is -0.00785. The molecule has 1 atom stereocenters. The molecule has 1 aliphatic rings. The van der Waals surface area contributed by atoms with E-state index in [1.807, 2.05) is 42.5 Å². The van der Waals surface area contributed by atoms with Crippen molar-refractivity contribution in [2.24, 2.45) is 0 Å². The fourth-order valence-corrected chi connectivity index (χ4v) is 3.33. The molecule has 0 spiro atoms. The molecule has 1 N–H and O–H groups in total. The third kappa shape index (κ3) is 4.31. The first-order valence-corrected chi connectivity index (χ1v) is 8.57. The van der Waals surface area contributed by atoms with Crippen LogP contribution in [0.4, 0.5) is 5.69 Å². The minimum atomic E-state index is -0.768. The number of rotatable bonds is 6. The Morgan fingerprint density at radius 3 is 2.44 bits per heavy atom. The summed E-state index contributed by atoms with van der Waals surface area (Å²) in [5, 5.41) is 9.71. The molecule has 2 aromatic rings. The standard InChI is InChI=1S/C20H24N2O3/c1-25-18-9-5-6-16(14-18)15-19(20(23)24)22-12-10-21(11-13-22)17-7-3-2-4-8-17/h2-9,14,19H,10-13,15H2,1H3,(H,23,24). The minimum absolute atomic E-state index is 0.484. The third-order valence-corrected chi connectivity index (χ3v) is 4.72. The van der Waals surface area contributed by atoms with Gasteiger partial charge in [-0.15, -0.1) is 0 Å². The fourth-order valence-electron chi connectivity index (χ4n) is 3.33. The van der Waals surface area contributed by atoms with Crippen LogP contribution in [0.2, 0.25) is 0 Å². The van der Waals surface area contributed by atoms with Gasteiger partial charge in [0.2, 0.25) is 0 Å². The van der Waals surface area contributed by atoms with Crippen LogP contribution in [-0.2, 0) is 11.2 Å². The van der Waals surface area contributed by atoms with Crippen molar-refractivity contribution >= 4 is 11.7 Å². The van der Waals surface area contributed by atoms with Crippen LogP contribution < -0.4 is 9.64 Å². The molecule has 1 unspecified atom stereocenters. The number of carboxylic acid groups (broad SMARTS) is 1. The number of hydrogen-bond donors (Lipinski definition) is 1. The topological polar surface area (TPSA) is 53.0 Å². The summed E-state index contributed by atoms with van der Waals surface area (Å²) in [5.41, 5.74) is 2.18. The van der Waals surface area contributed by atoms with Gasteiger partial charge in [0.15, 0.2) is 0 Å². The lowest BCUT2D eigenvalue weighted by Gasteiger charge is -2.38. The molecule has 1 saturated heterocycles. The monoisotopic (exact) mass is 340 g/mol. The molecule has 5 nitrogen and oxygen atoms in total. The van der Waals surface area contributed by atoms with E-state index in [-0.39, 0.29) is 0 Å². The number of carboxylic acids is 1. The van der Waals surface area contributed by atoms with E-state index < -0.39 is 12.0 Å². The molecule has 1 aliphatic heterocycles. The maximum Gasteiger partial charge on any atom is 0.321 e. The molecule has 2 aromatic carbocycles. The Bertz CT molecular complexity index is 697. The normalized spacial score (nSPS) is 16.4. The summed E-state index contributed by atoms with van der Waals surface area (Å²) in [4.78, 5) is 16.2. The van der Waals surface area contributed by atoms with Gasteiger partial charge in [0, 0.05) is 31.9 Å². The molecule has 25 heavy (non-hydrogen) atoms. The fraction of sp³-hybridized carbons (Fsp3) is 0.350. The van der Waals surface area contributed by atoms with Gasteiger partial charge < -0.3 is 14.7 Å². The van der Waals surface area contributed by atoms with Crippen molar-refractivity contribution in [2.75, 3.05) is 38.2 Å².